The molecular formula is C30H30ClNO4. The fourth-order valence-electron chi connectivity index (χ4n) is 4.40. The van der Waals surface area contributed by atoms with Gasteiger partial charge in [-0.25, -0.2) is 0 Å². The van der Waals surface area contributed by atoms with E-state index in [0.29, 0.717) is 30.2 Å². The third kappa shape index (κ3) is 5.80. The van der Waals surface area contributed by atoms with E-state index in [1.54, 1.807) is 29.2 Å². The molecule has 1 amide bonds. The van der Waals surface area contributed by atoms with Crippen LogP contribution in [0.25, 0.3) is 5.76 Å². The topological polar surface area (TPSA) is 66.8 Å². The lowest BCUT2D eigenvalue weighted by molar-refractivity contribution is -0.139. The van der Waals surface area contributed by atoms with Crippen molar-refractivity contribution in [1.29, 1.82) is 0 Å². The average molecular weight is 504 g/mol. The summed E-state index contributed by atoms with van der Waals surface area (Å²) in [5.41, 5.74) is 2.30. The largest absolute Gasteiger partial charge is 0.507 e. The summed E-state index contributed by atoms with van der Waals surface area (Å²) >= 11 is 6.00. The zero-order chi connectivity index (χ0) is 25.5. The standard InChI is InChI=1S/C30H30ClNO4/c1-2-3-7-20-36-25-16-12-22(13-17-25)27-26(28(33)23-10-14-24(31)15-11-23)29(34)30(35)32(27)19-18-21-8-5-4-6-9-21/h4-6,8-17,27,33H,2-3,7,18-20H2,1H3/b28-26+. The number of unbranched alkanes of at least 4 members (excludes halogenated alkanes) is 2. The number of carbonyl (C=O) groups excluding carboxylic acids is 2. The second kappa shape index (κ2) is 11.9. The molecule has 1 saturated heterocycles. The Hall–Kier alpha value is -3.57. The molecule has 36 heavy (non-hydrogen) atoms. The van der Waals surface area contributed by atoms with E-state index in [1.165, 1.54) is 0 Å². The summed E-state index contributed by atoms with van der Waals surface area (Å²) in [6, 6.07) is 23.1. The number of benzene rings is 3. The van der Waals surface area contributed by atoms with Crippen LogP contribution in [0.3, 0.4) is 0 Å². The molecule has 1 N–H and O–H groups in total. The van der Waals surface area contributed by atoms with Crippen molar-refractivity contribution in [2.24, 2.45) is 0 Å². The number of Topliss-reactive ketones (excluding diaryl/α,β-unsaturated/α-hetero) is 1. The van der Waals surface area contributed by atoms with Crippen LogP contribution in [-0.2, 0) is 16.0 Å². The molecule has 3 aromatic carbocycles. The van der Waals surface area contributed by atoms with E-state index < -0.39 is 17.7 Å². The van der Waals surface area contributed by atoms with Gasteiger partial charge in [0.15, 0.2) is 0 Å². The predicted octanol–water partition coefficient (Wildman–Crippen LogP) is 6.57. The summed E-state index contributed by atoms with van der Waals surface area (Å²) in [4.78, 5) is 27.9. The van der Waals surface area contributed by atoms with E-state index >= 15 is 0 Å². The molecule has 1 unspecified atom stereocenters. The minimum atomic E-state index is -0.710. The first kappa shape index (κ1) is 25.5. The van der Waals surface area contributed by atoms with Crippen molar-refractivity contribution in [2.45, 2.75) is 38.6 Å². The molecule has 5 nitrogen and oxygen atoms in total. The monoisotopic (exact) mass is 503 g/mol. The summed E-state index contributed by atoms with van der Waals surface area (Å²) in [6.45, 7) is 3.12. The number of hydrogen-bond acceptors (Lipinski definition) is 4. The molecule has 0 spiro atoms. The smallest absolute Gasteiger partial charge is 0.295 e. The van der Waals surface area contributed by atoms with Crippen LogP contribution in [-0.4, -0.2) is 34.8 Å². The molecule has 0 saturated carbocycles. The number of ketones is 1. The second-order valence-electron chi connectivity index (χ2n) is 8.86. The minimum Gasteiger partial charge on any atom is -0.507 e. The van der Waals surface area contributed by atoms with Crippen LogP contribution in [0.4, 0.5) is 0 Å². The van der Waals surface area contributed by atoms with Gasteiger partial charge < -0.3 is 14.7 Å². The molecule has 1 heterocycles. The fourth-order valence-corrected chi connectivity index (χ4v) is 4.53. The summed E-state index contributed by atoms with van der Waals surface area (Å²) in [7, 11) is 0. The summed E-state index contributed by atoms with van der Waals surface area (Å²) < 4.78 is 5.83. The van der Waals surface area contributed by atoms with Crippen molar-refractivity contribution >= 4 is 29.1 Å². The Labute approximate surface area is 217 Å². The van der Waals surface area contributed by atoms with Gasteiger partial charge in [0.2, 0.25) is 0 Å². The van der Waals surface area contributed by atoms with Gasteiger partial charge in [0.25, 0.3) is 11.7 Å². The highest BCUT2D eigenvalue weighted by atomic mass is 35.5. The summed E-state index contributed by atoms with van der Waals surface area (Å²) in [5.74, 6) is -0.794. The second-order valence-corrected chi connectivity index (χ2v) is 9.30. The normalized spacial score (nSPS) is 16.9. The zero-order valence-corrected chi connectivity index (χ0v) is 21.1. The van der Waals surface area contributed by atoms with Crippen LogP contribution in [0.2, 0.25) is 5.02 Å². The Bertz CT molecular complexity index is 1220. The molecule has 186 valence electrons. The van der Waals surface area contributed by atoms with Gasteiger partial charge in [-0.2, -0.15) is 0 Å². The Balaban J connectivity index is 1.68. The van der Waals surface area contributed by atoms with Gasteiger partial charge in [0.05, 0.1) is 18.2 Å². The van der Waals surface area contributed by atoms with Crippen molar-refractivity contribution in [3.8, 4) is 5.75 Å². The third-order valence-corrected chi connectivity index (χ3v) is 6.61. The van der Waals surface area contributed by atoms with Gasteiger partial charge in [-0.1, -0.05) is 73.8 Å². The van der Waals surface area contributed by atoms with Crippen LogP contribution in [0.15, 0.2) is 84.4 Å². The highest BCUT2D eigenvalue weighted by Crippen LogP contribution is 2.40. The zero-order valence-electron chi connectivity index (χ0n) is 20.3. The van der Waals surface area contributed by atoms with E-state index in [-0.39, 0.29) is 11.3 Å². The number of rotatable bonds is 10. The number of likely N-dealkylation sites (tertiary alicyclic amines) is 1. The number of amides is 1. The predicted molar refractivity (Wildman–Crippen MR) is 142 cm³/mol. The van der Waals surface area contributed by atoms with Crippen LogP contribution >= 0.6 is 11.6 Å². The average Bonchev–Trinajstić information content (AvgIpc) is 3.16. The Kier molecular flexibility index (Phi) is 8.44. The van der Waals surface area contributed by atoms with Gasteiger partial charge in [0, 0.05) is 17.1 Å². The molecule has 0 radical (unpaired) electrons. The number of halogens is 1. The van der Waals surface area contributed by atoms with Crippen LogP contribution in [0.1, 0.15) is 48.9 Å². The Morgan fingerprint density at radius 3 is 2.31 bits per heavy atom. The first-order chi connectivity index (χ1) is 17.5. The molecule has 0 bridgehead atoms. The lowest BCUT2D eigenvalue weighted by atomic mass is 9.95. The molecule has 1 aliphatic heterocycles. The first-order valence-electron chi connectivity index (χ1n) is 12.3. The lowest BCUT2D eigenvalue weighted by Crippen LogP contribution is -2.31. The highest BCUT2D eigenvalue weighted by molar-refractivity contribution is 6.46. The van der Waals surface area contributed by atoms with Crippen molar-refractivity contribution in [1.82, 2.24) is 4.90 Å². The maximum atomic E-state index is 13.2. The van der Waals surface area contributed by atoms with Gasteiger partial charge in [-0.15, -0.1) is 0 Å². The van der Waals surface area contributed by atoms with Gasteiger partial charge in [-0.3, -0.25) is 9.59 Å². The number of carbonyl (C=O) groups is 2. The fraction of sp³-hybridized carbons (Fsp3) is 0.267. The van der Waals surface area contributed by atoms with E-state index in [1.807, 2.05) is 54.6 Å². The molecule has 6 heteroatoms. The number of hydrogen-bond donors (Lipinski definition) is 1. The lowest BCUT2D eigenvalue weighted by Gasteiger charge is -2.25. The quantitative estimate of drug-likeness (QED) is 0.147. The minimum absolute atomic E-state index is 0.0759. The number of nitrogens with zero attached hydrogens (tertiary/aromatic N) is 1. The molecular weight excluding hydrogens is 474 g/mol. The third-order valence-electron chi connectivity index (χ3n) is 6.35. The first-order valence-corrected chi connectivity index (χ1v) is 12.7. The van der Waals surface area contributed by atoms with Gasteiger partial charge in [0.1, 0.15) is 11.5 Å². The van der Waals surface area contributed by atoms with Crippen LogP contribution < -0.4 is 4.74 Å². The molecule has 0 aliphatic carbocycles. The van der Waals surface area contributed by atoms with Crippen molar-refractivity contribution in [2.75, 3.05) is 13.2 Å². The Morgan fingerprint density at radius 2 is 1.64 bits per heavy atom. The molecule has 4 rings (SSSR count). The van der Waals surface area contributed by atoms with Crippen molar-refractivity contribution in [3.05, 3.63) is 106 Å². The number of aliphatic hydroxyl groups is 1. The number of ether oxygens (including phenoxy) is 1. The molecule has 1 atom stereocenters. The van der Waals surface area contributed by atoms with E-state index in [2.05, 4.69) is 6.92 Å². The maximum Gasteiger partial charge on any atom is 0.295 e. The van der Waals surface area contributed by atoms with Crippen LogP contribution in [0, 0.1) is 0 Å². The van der Waals surface area contributed by atoms with Crippen molar-refractivity contribution < 1.29 is 19.4 Å². The Morgan fingerprint density at radius 1 is 0.944 bits per heavy atom. The van der Waals surface area contributed by atoms with Crippen molar-refractivity contribution in [3.63, 3.8) is 0 Å². The highest BCUT2D eigenvalue weighted by Gasteiger charge is 2.45. The summed E-state index contributed by atoms with van der Waals surface area (Å²) in [5, 5.41) is 11.7. The molecule has 1 aliphatic rings. The SMILES string of the molecule is CCCCCOc1ccc(C2/C(=C(\O)c3ccc(Cl)cc3)C(=O)C(=O)N2CCc2ccccc2)cc1. The maximum absolute atomic E-state index is 13.2. The number of aliphatic hydroxyl groups excluding tert-OH is 1. The molecule has 3 aromatic rings. The van der Waals surface area contributed by atoms with Gasteiger partial charge >= 0.3 is 0 Å². The summed E-state index contributed by atoms with van der Waals surface area (Å²) in [6.07, 6.45) is 3.80. The van der Waals surface area contributed by atoms with E-state index in [4.69, 9.17) is 16.3 Å². The van der Waals surface area contributed by atoms with E-state index in [0.717, 1.165) is 36.1 Å². The van der Waals surface area contributed by atoms with Gasteiger partial charge in [-0.05, 0) is 60.4 Å². The van der Waals surface area contributed by atoms with E-state index in [9.17, 15) is 14.7 Å². The van der Waals surface area contributed by atoms with Crippen LogP contribution in [0.5, 0.6) is 5.75 Å². The molecule has 0 aromatic heterocycles. The molecule has 1 fully saturated rings.